The largest absolute Gasteiger partial charge is 0.291 e. The Bertz CT molecular complexity index is 635. The van der Waals surface area contributed by atoms with Crippen LogP contribution in [0.25, 0.3) is 0 Å². The van der Waals surface area contributed by atoms with Crippen molar-refractivity contribution in [1.29, 1.82) is 0 Å². The molecule has 0 saturated heterocycles. The third-order valence-electron chi connectivity index (χ3n) is 3.47. The fraction of sp³-hybridized carbons (Fsp3) is 0.357. The van der Waals surface area contributed by atoms with Crippen LogP contribution in [0.3, 0.4) is 0 Å². The first kappa shape index (κ1) is 12.4. The smallest absolute Gasteiger partial charge is 0.217 e. The lowest BCUT2D eigenvalue weighted by Crippen LogP contribution is -2.09. The Morgan fingerprint density at radius 3 is 3.00 bits per heavy atom. The first-order valence-electron chi connectivity index (χ1n) is 6.43. The molecular formula is C14H14ClN3O. The molecule has 0 spiro atoms. The number of halogens is 1. The van der Waals surface area contributed by atoms with Crippen molar-refractivity contribution in [2.45, 2.75) is 32.2 Å². The van der Waals surface area contributed by atoms with E-state index >= 15 is 0 Å². The molecule has 0 unspecified atom stereocenters. The molecule has 2 heterocycles. The molecule has 5 heteroatoms. The van der Waals surface area contributed by atoms with Crippen molar-refractivity contribution < 1.29 is 4.79 Å². The highest BCUT2D eigenvalue weighted by Crippen LogP contribution is 2.34. The molecule has 1 aliphatic rings. The summed E-state index contributed by atoms with van der Waals surface area (Å²) in [5, 5.41) is 5.09. The maximum absolute atomic E-state index is 11.7. The minimum absolute atomic E-state index is 0.0141. The van der Waals surface area contributed by atoms with E-state index < -0.39 is 0 Å². The standard InChI is InChI=1S/C14H14ClN3O/c1-2-12(19)14-16-13-8-7-11(18(13)17-14)9-5-3-4-6-10(9)15/h3-6,11H,2,7-8H2,1H3/t11-/m0/s1. The first-order valence-corrected chi connectivity index (χ1v) is 6.81. The summed E-state index contributed by atoms with van der Waals surface area (Å²) in [6.07, 6.45) is 2.19. The number of fused-ring (bicyclic) bond motifs is 1. The lowest BCUT2D eigenvalue weighted by atomic mass is 10.1. The summed E-state index contributed by atoms with van der Waals surface area (Å²) in [7, 11) is 0. The fourth-order valence-corrected chi connectivity index (χ4v) is 2.73. The molecule has 0 amide bonds. The van der Waals surface area contributed by atoms with Gasteiger partial charge in [0, 0.05) is 17.9 Å². The second-order valence-corrected chi connectivity index (χ2v) is 5.06. The number of carbonyl (C=O) groups excluding carboxylic acids is 1. The molecule has 0 saturated carbocycles. The molecule has 1 aliphatic heterocycles. The highest BCUT2D eigenvalue weighted by Gasteiger charge is 2.29. The SMILES string of the molecule is CCC(=O)c1nc2n(n1)[C@H](c1ccccc1Cl)CC2. The predicted octanol–water partition coefficient (Wildman–Crippen LogP) is 3.06. The van der Waals surface area contributed by atoms with E-state index in [0.29, 0.717) is 12.2 Å². The number of Topliss-reactive ketones (excluding diaryl/α,β-unsaturated/α-hetero) is 1. The molecule has 2 aromatic rings. The van der Waals surface area contributed by atoms with Gasteiger partial charge in [0.2, 0.25) is 11.6 Å². The summed E-state index contributed by atoms with van der Waals surface area (Å²) in [6, 6.07) is 7.85. The number of carbonyl (C=O) groups is 1. The molecule has 3 rings (SSSR count). The van der Waals surface area contributed by atoms with Gasteiger partial charge in [-0.1, -0.05) is 36.7 Å². The summed E-state index contributed by atoms with van der Waals surface area (Å²) in [6.45, 7) is 1.82. The molecule has 1 aromatic heterocycles. The number of ketones is 1. The van der Waals surface area contributed by atoms with Crippen molar-refractivity contribution in [3.8, 4) is 0 Å². The van der Waals surface area contributed by atoms with Gasteiger partial charge in [-0.3, -0.25) is 4.79 Å². The molecule has 1 atom stereocenters. The molecule has 1 aromatic carbocycles. The second-order valence-electron chi connectivity index (χ2n) is 4.65. The van der Waals surface area contributed by atoms with Crippen molar-refractivity contribution in [3.05, 3.63) is 46.5 Å². The Balaban J connectivity index is 2.00. The van der Waals surface area contributed by atoms with Gasteiger partial charge in [-0.25, -0.2) is 9.67 Å². The molecule has 0 aliphatic carbocycles. The zero-order valence-electron chi connectivity index (χ0n) is 10.6. The van der Waals surface area contributed by atoms with E-state index in [1.54, 1.807) is 0 Å². The van der Waals surface area contributed by atoms with Crippen LogP contribution in [-0.2, 0) is 6.42 Å². The van der Waals surface area contributed by atoms with Crippen LogP contribution in [0, 0.1) is 0 Å². The Morgan fingerprint density at radius 1 is 1.47 bits per heavy atom. The number of hydrogen-bond acceptors (Lipinski definition) is 3. The first-order chi connectivity index (χ1) is 9.20. The van der Waals surface area contributed by atoms with Crippen LogP contribution < -0.4 is 0 Å². The molecule has 0 fully saturated rings. The highest BCUT2D eigenvalue weighted by atomic mass is 35.5. The van der Waals surface area contributed by atoms with Crippen molar-refractivity contribution in [3.63, 3.8) is 0 Å². The van der Waals surface area contributed by atoms with E-state index in [1.807, 2.05) is 35.9 Å². The maximum atomic E-state index is 11.7. The van der Waals surface area contributed by atoms with Crippen LogP contribution in [-0.4, -0.2) is 20.5 Å². The lowest BCUT2D eigenvalue weighted by Gasteiger charge is -2.13. The van der Waals surface area contributed by atoms with Crippen LogP contribution in [0.2, 0.25) is 5.02 Å². The van der Waals surface area contributed by atoms with Gasteiger partial charge in [0.25, 0.3) is 0 Å². The van der Waals surface area contributed by atoms with E-state index in [1.165, 1.54) is 0 Å². The fourth-order valence-electron chi connectivity index (χ4n) is 2.47. The van der Waals surface area contributed by atoms with Crippen LogP contribution >= 0.6 is 11.6 Å². The van der Waals surface area contributed by atoms with Gasteiger partial charge in [0.05, 0.1) is 6.04 Å². The van der Waals surface area contributed by atoms with Crippen molar-refractivity contribution in [2.75, 3.05) is 0 Å². The number of hydrogen-bond donors (Lipinski definition) is 0. The zero-order chi connectivity index (χ0) is 13.4. The lowest BCUT2D eigenvalue weighted by molar-refractivity contribution is 0.0977. The van der Waals surface area contributed by atoms with Crippen LogP contribution in [0.4, 0.5) is 0 Å². The van der Waals surface area contributed by atoms with E-state index in [9.17, 15) is 4.79 Å². The summed E-state index contributed by atoms with van der Waals surface area (Å²) in [4.78, 5) is 16.0. The molecule has 0 bridgehead atoms. The summed E-state index contributed by atoms with van der Waals surface area (Å²) < 4.78 is 1.85. The van der Waals surface area contributed by atoms with E-state index in [-0.39, 0.29) is 11.8 Å². The van der Waals surface area contributed by atoms with Crippen LogP contribution in [0.5, 0.6) is 0 Å². The number of aryl methyl sites for hydroxylation is 1. The average Bonchev–Trinajstić information content (AvgIpc) is 2.98. The third kappa shape index (κ3) is 2.06. The highest BCUT2D eigenvalue weighted by molar-refractivity contribution is 6.31. The summed E-state index contributed by atoms with van der Waals surface area (Å²) in [5.41, 5.74) is 1.04. The van der Waals surface area contributed by atoms with E-state index in [2.05, 4.69) is 10.1 Å². The average molecular weight is 276 g/mol. The normalized spacial score (nSPS) is 17.5. The van der Waals surface area contributed by atoms with Crippen molar-refractivity contribution >= 4 is 17.4 Å². The van der Waals surface area contributed by atoms with Crippen LogP contribution in [0.15, 0.2) is 24.3 Å². The predicted molar refractivity (Wildman–Crippen MR) is 72.6 cm³/mol. The molecule has 98 valence electrons. The Morgan fingerprint density at radius 2 is 2.26 bits per heavy atom. The third-order valence-corrected chi connectivity index (χ3v) is 3.82. The molecular weight excluding hydrogens is 262 g/mol. The molecule has 19 heavy (non-hydrogen) atoms. The summed E-state index contributed by atoms with van der Waals surface area (Å²) in [5.74, 6) is 1.19. The number of rotatable bonds is 3. The topological polar surface area (TPSA) is 47.8 Å². The number of benzene rings is 1. The van der Waals surface area contributed by atoms with Gasteiger partial charge in [-0.15, -0.1) is 5.10 Å². The number of nitrogens with zero attached hydrogens (tertiary/aromatic N) is 3. The molecule has 0 N–H and O–H groups in total. The maximum Gasteiger partial charge on any atom is 0.217 e. The van der Waals surface area contributed by atoms with Gasteiger partial charge in [0.15, 0.2) is 0 Å². The number of aromatic nitrogens is 3. The second kappa shape index (κ2) is 4.78. The van der Waals surface area contributed by atoms with Gasteiger partial charge >= 0.3 is 0 Å². The van der Waals surface area contributed by atoms with Gasteiger partial charge < -0.3 is 0 Å². The minimum atomic E-state index is -0.0141. The molecule has 0 radical (unpaired) electrons. The quantitative estimate of drug-likeness (QED) is 0.809. The Labute approximate surface area is 116 Å². The zero-order valence-corrected chi connectivity index (χ0v) is 11.4. The van der Waals surface area contributed by atoms with E-state index in [4.69, 9.17) is 11.6 Å². The Hall–Kier alpha value is -1.68. The Kier molecular flexibility index (Phi) is 3.11. The summed E-state index contributed by atoms with van der Waals surface area (Å²) >= 11 is 6.24. The van der Waals surface area contributed by atoms with Gasteiger partial charge in [0.1, 0.15) is 5.82 Å². The van der Waals surface area contributed by atoms with Crippen LogP contribution in [0.1, 0.15) is 47.8 Å². The molecule has 4 nitrogen and oxygen atoms in total. The van der Waals surface area contributed by atoms with Gasteiger partial charge in [-0.2, -0.15) is 0 Å². The van der Waals surface area contributed by atoms with Gasteiger partial charge in [-0.05, 0) is 18.1 Å². The minimum Gasteiger partial charge on any atom is -0.291 e. The van der Waals surface area contributed by atoms with E-state index in [0.717, 1.165) is 29.3 Å². The van der Waals surface area contributed by atoms with Crippen molar-refractivity contribution in [2.24, 2.45) is 0 Å². The monoisotopic (exact) mass is 275 g/mol. The van der Waals surface area contributed by atoms with Crippen molar-refractivity contribution in [1.82, 2.24) is 14.8 Å².